The van der Waals surface area contributed by atoms with E-state index in [4.69, 9.17) is 11.6 Å². The second-order valence-electron chi connectivity index (χ2n) is 17.6. The minimum atomic E-state index is -1.87. The fourth-order valence-electron chi connectivity index (χ4n) is 9.52. The van der Waals surface area contributed by atoms with Gasteiger partial charge in [0.1, 0.15) is 17.9 Å². The van der Waals surface area contributed by atoms with E-state index in [-0.39, 0.29) is 36.4 Å². The van der Waals surface area contributed by atoms with Crippen LogP contribution in [0.5, 0.6) is 0 Å². The molecule has 4 aromatic carbocycles. The van der Waals surface area contributed by atoms with Crippen LogP contribution in [0, 0.1) is 12.8 Å². The zero-order chi connectivity index (χ0) is 52.3. The molecule has 7 N–H and O–H groups in total. The van der Waals surface area contributed by atoms with Gasteiger partial charge in [0.2, 0.25) is 18.2 Å². The molecule has 4 aliphatic rings. The van der Waals surface area contributed by atoms with Gasteiger partial charge in [-0.25, -0.2) is 0 Å². The Hall–Kier alpha value is -4.90. The molecule has 0 aliphatic carbocycles. The third-order valence-corrected chi connectivity index (χ3v) is 15.2. The van der Waals surface area contributed by atoms with Gasteiger partial charge in [-0.2, -0.15) is 11.8 Å². The summed E-state index contributed by atoms with van der Waals surface area (Å²) in [5.41, 5.74) is -0.811. The molecule has 4 aliphatic heterocycles. The first-order valence-corrected chi connectivity index (χ1v) is 26.0. The predicted molar refractivity (Wildman–Crippen MR) is 288 cm³/mol. The summed E-state index contributed by atoms with van der Waals surface area (Å²) in [6, 6.07) is 19.1. The number of rotatable bonds is 14. The van der Waals surface area contributed by atoms with Gasteiger partial charge in [-0.15, -0.1) is 12.4 Å². The van der Waals surface area contributed by atoms with E-state index in [1.807, 2.05) is 13.2 Å². The fourth-order valence-corrected chi connectivity index (χ4v) is 11.9. The van der Waals surface area contributed by atoms with Crippen molar-refractivity contribution < 1.29 is 48.9 Å². The van der Waals surface area contributed by atoms with Crippen molar-refractivity contribution in [2.24, 2.45) is 5.92 Å². The number of benzene rings is 4. The molecule has 0 bridgehead atoms. The van der Waals surface area contributed by atoms with E-state index in [0.717, 1.165) is 17.6 Å². The van der Waals surface area contributed by atoms with Gasteiger partial charge in [-0.05, 0) is 75.2 Å². The van der Waals surface area contributed by atoms with E-state index in [9.17, 15) is 48.9 Å². The molecule has 0 spiro atoms. The first kappa shape index (κ1) is 58.0. The number of para-hydroxylation sites is 1. The van der Waals surface area contributed by atoms with Gasteiger partial charge >= 0.3 is 0 Å². The quantitative estimate of drug-likeness (QED) is 0.0751. The van der Waals surface area contributed by atoms with Crippen molar-refractivity contribution in [2.45, 2.75) is 69.9 Å². The maximum absolute atomic E-state index is 13.6. The molecule has 1 saturated heterocycles. The van der Waals surface area contributed by atoms with Crippen molar-refractivity contribution in [1.29, 1.82) is 0 Å². The number of likely N-dealkylation sites (N-methyl/N-ethyl adjacent to an activating group) is 2. The summed E-state index contributed by atoms with van der Waals surface area (Å²) in [4.78, 5) is 90.2. The van der Waals surface area contributed by atoms with E-state index in [1.54, 1.807) is 91.7 Å². The number of Topliss-reactive ketones (excluding diaryl/α,β-unsaturated/α-hetero) is 1. The highest BCUT2D eigenvalue weighted by molar-refractivity contribution is 9.11. The van der Waals surface area contributed by atoms with Crippen LogP contribution in [-0.2, 0) is 50.4 Å². The van der Waals surface area contributed by atoms with Crippen LogP contribution in [0.15, 0.2) is 81.7 Å². The Labute approximate surface area is 449 Å². The number of nitrogens with one attached hydrogen (secondary N) is 4. The average molecular weight is 1180 g/mol. The van der Waals surface area contributed by atoms with Crippen LogP contribution in [0.1, 0.15) is 61.9 Å². The summed E-state index contributed by atoms with van der Waals surface area (Å²) in [6.07, 6.45) is 2.21. The molecule has 6 amide bonds. The van der Waals surface area contributed by atoms with Gasteiger partial charge in [0, 0.05) is 85.8 Å². The lowest BCUT2D eigenvalue weighted by Crippen LogP contribution is -2.67. The molecular weight excluding hydrogens is 1120 g/mol. The summed E-state index contributed by atoms with van der Waals surface area (Å²) in [6.45, 7) is 11.7. The van der Waals surface area contributed by atoms with E-state index in [0.29, 0.717) is 85.3 Å². The molecule has 0 radical (unpaired) electrons. The number of amides is 6. The number of carbonyl (C=O) groups excluding carboxylic acids is 7. The molecule has 386 valence electrons. The summed E-state index contributed by atoms with van der Waals surface area (Å²) >= 11 is 14.4. The number of hydrogen-bond acceptors (Lipinski definition) is 12. The summed E-state index contributed by atoms with van der Waals surface area (Å²) in [5, 5.41) is 44.3. The van der Waals surface area contributed by atoms with E-state index in [2.05, 4.69) is 71.9 Å². The maximum atomic E-state index is 13.6. The second kappa shape index (κ2) is 23.5. The van der Waals surface area contributed by atoms with Crippen LogP contribution in [-0.4, -0.2) is 119 Å². The molecule has 22 heteroatoms. The van der Waals surface area contributed by atoms with E-state index in [1.165, 1.54) is 23.6 Å². The standard InChI is InChI=1S/C22H26ClN3O3.C17H21N3O4S.C11H9Br2NO3.ClH/c1-4-25(5-2)10-11-26-19-13-16(24-14-27)12-15(3)20(19)22(29,21(26)28)17-8-6-7-9-18(17)23;1-9(13-15(22)18-11(8-25-3)14(21)19-13)17(24)10-6-4-5-7-12(10)20(2)16(17)23;1-5(15)4-11(17)9-7(13)2-6(12)3-8(9)14-10(11)16;/h6-9,12-14,29H,4-5,10-11H2,1-3H3,(H,24,27);4-7,9,11,13,24H,8H2,1-3H3,(H,18,22)(H,19,21);2-3,17H,4H2,1H3,(H,14,16);1H/t22-;9-,11+,13+,17-;11-;/m111./s1. The number of hydrogen-bond donors (Lipinski definition) is 7. The van der Waals surface area contributed by atoms with Gasteiger partial charge in [-0.1, -0.05) is 101 Å². The van der Waals surface area contributed by atoms with Crippen LogP contribution in [0.25, 0.3) is 0 Å². The van der Waals surface area contributed by atoms with Crippen molar-refractivity contribution in [3.05, 3.63) is 115 Å². The topological polar surface area (TPSA) is 238 Å². The molecule has 4 aromatic rings. The average Bonchev–Trinajstić information content (AvgIpc) is 3.79. The summed E-state index contributed by atoms with van der Waals surface area (Å²) < 4.78 is 1.36. The Morgan fingerprint density at radius 2 is 1.56 bits per heavy atom. The first-order chi connectivity index (χ1) is 33.5. The summed E-state index contributed by atoms with van der Waals surface area (Å²) in [7, 11) is 1.58. The maximum Gasteiger partial charge on any atom is 0.268 e. The van der Waals surface area contributed by atoms with Gasteiger partial charge in [0.05, 0.1) is 11.4 Å². The SMILES string of the molecule is CC(=O)C[C@]1(O)C(=O)Nc2cc(Br)cc(Br)c21.CCN(CC)CCN1C(=O)[C@@](O)(c2ccccc2Cl)c2c(C)cc(NC=O)cc21.CSC[C@@H]1NC(=O)[C@H]([C@@H](C)[C@]2(O)C(=O)N(C)c3ccccc32)NC1=O.Cl. The lowest BCUT2D eigenvalue weighted by Gasteiger charge is -2.38. The lowest BCUT2D eigenvalue weighted by molar-refractivity contribution is -0.149. The highest BCUT2D eigenvalue weighted by atomic mass is 79.9. The minimum Gasteiger partial charge on any atom is -0.375 e. The van der Waals surface area contributed by atoms with Gasteiger partial charge in [0.25, 0.3) is 17.7 Å². The molecule has 0 unspecified atom stereocenters. The van der Waals surface area contributed by atoms with Crippen LogP contribution >= 0.6 is 67.6 Å². The van der Waals surface area contributed by atoms with Crippen LogP contribution < -0.4 is 31.1 Å². The van der Waals surface area contributed by atoms with Crippen molar-refractivity contribution >= 4 is 132 Å². The number of thioether (sulfide) groups is 1. The number of carbonyl (C=O) groups is 7. The third-order valence-electron chi connectivity index (χ3n) is 13.2. The van der Waals surface area contributed by atoms with Crippen molar-refractivity contribution in [3.63, 3.8) is 0 Å². The zero-order valence-electron chi connectivity index (χ0n) is 40.5. The highest BCUT2D eigenvalue weighted by Gasteiger charge is 2.57. The Morgan fingerprint density at radius 3 is 2.17 bits per heavy atom. The number of fused-ring (bicyclic) bond motifs is 3. The Balaban J connectivity index is 0.000000206. The Bertz CT molecular complexity index is 2790. The second-order valence-corrected chi connectivity index (χ2v) is 20.7. The van der Waals surface area contributed by atoms with Gasteiger partial charge < -0.3 is 51.3 Å². The van der Waals surface area contributed by atoms with Crippen molar-refractivity contribution in [2.75, 3.05) is 65.7 Å². The molecule has 0 aromatic heterocycles. The number of ketones is 1. The van der Waals surface area contributed by atoms with Crippen molar-refractivity contribution in [3.8, 4) is 0 Å². The molecule has 17 nitrogen and oxygen atoms in total. The number of nitrogens with zero attached hydrogens (tertiary/aromatic N) is 3. The minimum absolute atomic E-state index is 0. The molecule has 4 heterocycles. The normalized spacial score (nSPS) is 23.0. The molecule has 6 atom stereocenters. The number of aryl methyl sites for hydroxylation is 1. The summed E-state index contributed by atoms with van der Waals surface area (Å²) in [5.74, 6) is -2.81. The number of piperazine rings is 1. The van der Waals surface area contributed by atoms with E-state index < -0.39 is 52.5 Å². The van der Waals surface area contributed by atoms with Crippen LogP contribution in [0.2, 0.25) is 5.02 Å². The first-order valence-electron chi connectivity index (χ1n) is 22.6. The lowest BCUT2D eigenvalue weighted by atomic mass is 9.78. The van der Waals surface area contributed by atoms with Crippen molar-refractivity contribution in [1.82, 2.24) is 15.5 Å². The predicted octanol–water partition coefficient (Wildman–Crippen LogP) is 5.73. The molecular formula is C50H57Br2Cl2N7O10S. The van der Waals surface area contributed by atoms with Gasteiger partial charge in [0.15, 0.2) is 16.8 Å². The van der Waals surface area contributed by atoms with Crippen LogP contribution in [0.3, 0.4) is 0 Å². The Kier molecular flexibility index (Phi) is 19.0. The fraction of sp³-hybridized carbons (Fsp3) is 0.380. The number of anilines is 4. The van der Waals surface area contributed by atoms with Crippen LogP contribution in [0.4, 0.5) is 22.7 Å². The zero-order valence-corrected chi connectivity index (χ0v) is 46.0. The molecule has 1 fully saturated rings. The third kappa shape index (κ3) is 10.8. The molecule has 72 heavy (non-hydrogen) atoms. The smallest absolute Gasteiger partial charge is 0.268 e. The van der Waals surface area contributed by atoms with Gasteiger partial charge in [-0.3, -0.25) is 33.6 Å². The molecule has 8 rings (SSSR count). The van der Waals surface area contributed by atoms with E-state index >= 15 is 0 Å². The largest absolute Gasteiger partial charge is 0.375 e. The Morgan fingerprint density at radius 1 is 0.917 bits per heavy atom. The highest BCUT2D eigenvalue weighted by Crippen LogP contribution is 2.50. The number of halogens is 4. The monoisotopic (exact) mass is 1180 g/mol. The number of aliphatic hydroxyl groups is 3. The molecule has 0 saturated carbocycles.